The second-order valence-corrected chi connectivity index (χ2v) is 4.49. The van der Waals surface area contributed by atoms with Crippen LogP contribution in [0.15, 0.2) is 24.3 Å². The van der Waals surface area contributed by atoms with Crippen molar-refractivity contribution in [2.75, 3.05) is 5.88 Å². The smallest absolute Gasteiger partial charge is 0.224 e. The maximum absolute atomic E-state index is 11.6. The molecule has 0 aliphatic heterocycles. The van der Waals surface area contributed by atoms with Gasteiger partial charge in [-0.05, 0) is 25.8 Å². The van der Waals surface area contributed by atoms with Crippen molar-refractivity contribution in [2.45, 2.75) is 32.7 Å². The molecule has 2 nitrogen and oxygen atoms in total. The second kappa shape index (κ2) is 6.54. The van der Waals surface area contributed by atoms with E-state index in [0.717, 1.165) is 12.0 Å². The molecule has 1 N–H and O–H groups in total. The Balaban J connectivity index is 2.42. The summed E-state index contributed by atoms with van der Waals surface area (Å²) in [4.78, 5) is 11.6. The van der Waals surface area contributed by atoms with Crippen LogP contribution in [0, 0.1) is 6.92 Å². The minimum Gasteiger partial charge on any atom is -0.353 e. The predicted molar refractivity (Wildman–Crippen MR) is 67.8 cm³/mol. The van der Waals surface area contributed by atoms with Gasteiger partial charge in [-0.15, -0.1) is 11.6 Å². The maximum Gasteiger partial charge on any atom is 0.224 e. The van der Waals surface area contributed by atoms with Crippen LogP contribution in [0.5, 0.6) is 0 Å². The molecule has 88 valence electrons. The molecular formula is C13H18ClNO. The van der Waals surface area contributed by atoms with Gasteiger partial charge in [-0.1, -0.05) is 29.8 Å². The van der Waals surface area contributed by atoms with Gasteiger partial charge in [0.2, 0.25) is 5.91 Å². The first-order valence-corrected chi connectivity index (χ1v) is 6.06. The van der Waals surface area contributed by atoms with Crippen molar-refractivity contribution in [3.8, 4) is 0 Å². The lowest BCUT2D eigenvalue weighted by Crippen LogP contribution is -2.33. The zero-order chi connectivity index (χ0) is 12.0. The van der Waals surface area contributed by atoms with E-state index in [0.29, 0.717) is 12.3 Å². The SMILES string of the molecule is Cc1ccc(CC(=O)NC(C)CCCl)cc1. The minimum atomic E-state index is 0.0569. The van der Waals surface area contributed by atoms with Gasteiger partial charge in [-0.2, -0.15) is 0 Å². The van der Waals surface area contributed by atoms with Crippen LogP contribution in [0.4, 0.5) is 0 Å². The van der Waals surface area contributed by atoms with Gasteiger partial charge in [0, 0.05) is 11.9 Å². The number of amides is 1. The molecule has 0 spiro atoms. The summed E-state index contributed by atoms with van der Waals surface area (Å²) in [6.07, 6.45) is 1.24. The zero-order valence-corrected chi connectivity index (χ0v) is 10.6. The van der Waals surface area contributed by atoms with Crippen LogP contribution < -0.4 is 5.32 Å². The maximum atomic E-state index is 11.6. The summed E-state index contributed by atoms with van der Waals surface area (Å²) in [6.45, 7) is 4.00. The van der Waals surface area contributed by atoms with Crippen molar-refractivity contribution in [3.63, 3.8) is 0 Å². The normalized spacial score (nSPS) is 12.2. The molecule has 16 heavy (non-hydrogen) atoms. The molecule has 1 rings (SSSR count). The van der Waals surface area contributed by atoms with Gasteiger partial charge in [0.25, 0.3) is 0 Å². The Morgan fingerprint density at radius 2 is 2.00 bits per heavy atom. The van der Waals surface area contributed by atoms with Crippen molar-refractivity contribution < 1.29 is 4.79 Å². The Hall–Kier alpha value is -1.02. The summed E-state index contributed by atoms with van der Waals surface area (Å²) >= 11 is 5.61. The second-order valence-electron chi connectivity index (χ2n) is 4.11. The molecule has 0 aliphatic rings. The third-order valence-corrected chi connectivity index (χ3v) is 2.65. The molecule has 0 saturated heterocycles. The lowest BCUT2D eigenvalue weighted by molar-refractivity contribution is -0.121. The van der Waals surface area contributed by atoms with E-state index in [1.807, 2.05) is 38.1 Å². The van der Waals surface area contributed by atoms with Gasteiger partial charge in [0.15, 0.2) is 0 Å². The molecular weight excluding hydrogens is 222 g/mol. The first-order valence-electron chi connectivity index (χ1n) is 5.52. The number of nitrogens with one attached hydrogen (secondary N) is 1. The molecule has 1 atom stereocenters. The average molecular weight is 240 g/mol. The third-order valence-electron chi connectivity index (χ3n) is 2.43. The molecule has 0 radical (unpaired) electrons. The molecule has 1 aromatic rings. The Morgan fingerprint density at radius 3 is 2.56 bits per heavy atom. The number of rotatable bonds is 5. The monoisotopic (exact) mass is 239 g/mol. The van der Waals surface area contributed by atoms with Crippen LogP contribution in [-0.2, 0) is 11.2 Å². The Labute approximate surface area is 102 Å². The summed E-state index contributed by atoms with van der Waals surface area (Å²) in [5.74, 6) is 0.632. The van der Waals surface area contributed by atoms with E-state index in [2.05, 4.69) is 5.32 Å². The number of aryl methyl sites for hydroxylation is 1. The molecule has 3 heteroatoms. The quantitative estimate of drug-likeness (QED) is 0.787. The van der Waals surface area contributed by atoms with Crippen molar-refractivity contribution in [3.05, 3.63) is 35.4 Å². The lowest BCUT2D eigenvalue weighted by atomic mass is 10.1. The van der Waals surface area contributed by atoms with Crippen molar-refractivity contribution in [1.29, 1.82) is 0 Å². The van der Waals surface area contributed by atoms with Crippen LogP contribution in [0.1, 0.15) is 24.5 Å². The topological polar surface area (TPSA) is 29.1 Å². The van der Waals surface area contributed by atoms with Crippen LogP contribution in [-0.4, -0.2) is 17.8 Å². The van der Waals surface area contributed by atoms with Gasteiger partial charge in [0.05, 0.1) is 6.42 Å². The van der Waals surface area contributed by atoms with Crippen molar-refractivity contribution in [1.82, 2.24) is 5.32 Å². The van der Waals surface area contributed by atoms with Gasteiger partial charge < -0.3 is 5.32 Å². The minimum absolute atomic E-state index is 0.0569. The number of hydrogen-bond acceptors (Lipinski definition) is 1. The number of halogens is 1. The number of alkyl halides is 1. The number of benzene rings is 1. The summed E-state index contributed by atoms with van der Waals surface area (Å²) < 4.78 is 0. The fourth-order valence-corrected chi connectivity index (χ4v) is 1.78. The van der Waals surface area contributed by atoms with E-state index >= 15 is 0 Å². The molecule has 0 aliphatic carbocycles. The van der Waals surface area contributed by atoms with Crippen molar-refractivity contribution in [2.24, 2.45) is 0 Å². The Kier molecular flexibility index (Phi) is 5.33. The van der Waals surface area contributed by atoms with E-state index in [4.69, 9.17) is 11.6 Å². The highest BCUT2D eigenvalue weighted by Crippen LogP contribution is 2.04. The molecule has 1 unspecified atom stereocenters. The highest BCUT2D eigenvalue weighted by atomic mass is 35.5. The molecule has 0 fully saturated rings. The zero-order valence-electron chi connectivity index (χ0n) is 9.79. The Morgan fingerprint density at radius 1 is 1.38 bits per heavy atom. The van der Waals surface area contributed by atoms with Crippen LogP contribution in [0.25, 0.3) is 0 Å². The van der Waals surface area contributed by atoms with Gasteiger partial charge in [0.1, 0.15) is 0 Å². The lowest BCUT2D eigenvalue weighted by Gasteiger charge is -2.12. The fraction of sp³-hybridized carbons (Fsp3) is 0.462. The number of carbonyl (C=O) groups is 1. The van der Waals surface area contributed by atoms with Crippen LogP contribution >= 0.6 is 11.6 Å². The first-order chi connectivity index (χ1) is 7.61. The predicted octanol–water partition coefficient (Wildman–Crippen LogP) is 2.67. The number of carbonyl (C=O) groups excluding carboxylic acids is 1. The van der Waals surface area contributed by atoms with E-state index in [1.165, 1.54) is 5.56 Å². The summed E-state index contributed by atoms with van der Waals surface area (Å²) in [5.41, 5.74) is 2.25. The summed E-state index contributed by atoms with van der Waals surface area (Å²) in [7, 11) is 0. The van der Waals surface area contributed by atoms with Crippen molar-refractivity contribution >= 4 is 17.5 Å². The van der Waals surface area contributed by atoms with Crippen LogP contribution in [0.3, 0.4) is 0 Å². The molecule has 0 aromatic heterocycles. The van der Waals surface area contributed by atoms with Gasteiger partial charge in [-0.25, -0.2) is 0 Å². The highest BCUT2D eigenvalue weighted by Gasteiger charge is 2.07. The van der Waals surface area contributed by atoms with Crippen LogP contribution in [0.2, 0.25) is 0 Å². The molecule has 0 heterocycles. The molecule has 0 saturated carbocycles. The average Bonchev–Trinajstić information content (AvgIpc) is 2.21. The van der Waals surface area contributed by atoms with E-state index in [1.54, 1.807) is 0 Å². The standard InChI is InChI=1S/C13H18ClNO/c1-10-3-5-12(6-4-10)9-13(16)15-11(2)7-8-14/h3-6,11H,7-9H2,1-2H3,(H,15,16). The van der Waals surface area contributed by atoms with E-state index < -0.39 is 0 Å². The summed E-state index contributed by atoms with van der Waals surface area (Å²) in [6, 6.07) is 8.16. The van der Waals surface area contributed by atoms with Gasteiger partial charge in [-0.3, -0.25) is 4.79 Å². The van der Waals surface area contributed by atoms with E-state index in [9.17, 15) is 4.79 Å². The number of hydrogen-bond donors (Lipinski definition) is 1. The third kappa shape index (κ3) is 4.67. The summed E-state index contributed by atoms with van der Waals surface area (Å²) in [5, 5.41) is 2.92. The largest absolute Gasteiger partial charge is 0.353 e. The molecule has 1 amide bonds. The Bertz CT molecular complexity index is 334. The first kappa shape index (κ1) is 13.0. The molecule has 1 aromatic carbocycles. The molecule has 0 bridgehead atoms. The highest BCUT2D eigenvalue weighted by molar-refractivity contribution is 6.17. The van der Waals surface area contributed by atoms with E-state index in [-0.39, 0.29) is 11.9 Å². The fourth-order valence-electron chi connectivity index (χ4n) is 1.45. The van der Waals surface area contributed by atoms with Gasteiger partial charge >= 0.3 is 0 Å².